The molecule has 7 heteroatoms. The minimum Gasteiger partial charge on any atom is -0.319 e. The first-order valence-corrected chi connectivity index (χ1v) is 9.47. The lowest BCUT2D eigenvalue weighted by molar-refractivity contribution is -0.132. The summed E-state index contributed by atoms with van der Waals surface area (Å²) >= 11 is 7.45. The number of nitrogens with zero attached hydrogens (tertiary/aromatic N) is 2. The molecule has 0 unspecified atom stereocenters. The molecule has 1 atom stereocenters. The van der Waals surface area contributed by atoms with Crippen LogP contribution in [-0.2, 0) is 16.9 Å². The Bertz CT molecular complexity index is 968. The standard InChI is InChI=1S/C19H16ClN3O2S/c1-2-19(12-7-9-13(20)10-8-12)17(24)23(18(25)22-19)11-16-21-14-5-3-4-6-15(14)26-16/h3-10H,2,11H2,1H3,(H,22,25)/t19-/m0/s1. The SMILES string of the molecule is CC[C@@]1(c2ccc(Cl)cc2)NC(=O)N(Cc2nc3ccccc3s2)C1=O. The first-order valence-electron chi connectivity index (χ1n) is 8.28. The third-order valence-corrected chi connectivity index (χ3v) is 5.95. The number of urea groups is 1. The van der Waals surface area contributed by atoms with Crippen LogP contribution in [0.1, 0.15) is 23.9 Å². The van der Waals surface area contributed by atoms with Crippen LogP contribution in [0.25, 0.3) is 10.2 Å². The Kier molecular flexibility index (Phi) is 4.17. The van der Waals surface area contributed by atoms with E-state index in [1.807, 2.05) is 31.2 Å². The number of para-hydroxylation sites is 1. The van der Waals surface area contributed by atoms with Crippen molar-refractivity contribution in [1.82, 2.24) is 15.2 Å². The highest BCUT2D eigenvalue weighted by Crippen LogP contribution is 2.34. The molecule has 0 radical (unpaired) electrons. The Hall–Kier alpha value is -2.44. The van der Waals surface area contributed by atoms with Gasteiger partial charge < -0.3 is 5.32 Å². The number of hydrogen-bond acceptors (Lipinski definition) is 4. The van der Waals surface area contributed by atoms with Gasteiger partial charge in [-0.05, 0) is 36.2 Å². The highest BCUT2D eigenvalue weighted by Gasteiger charge is 2.51. The highest BCUT2D eigenvalue weighted by atomic mass is 35.5. The molecule has 2 aromatic carbocycles. The third kappa shape index (κ3) is 2.66. The van der Waals surface area contributed by atoms with Crippen molar-refractivity contribution in [2.75, 3.05) is 0 Å². The predicted molar refractivity (Wildman–Crippen MR) is 102 cm³/mol. The summed E-state index contributed by atoms with van der Waals surface area (Å²) in [7, 11) is 0. The number of thiazole rings is 1. The minimum atomic E-state index is -1.06. The summed E-state index contributed by atoms with van der Waals surface area (Å²) in [6.07, 6.45) is 0.454. The van der Waals surface area contributed by atoms with Gasteiger partial charge in [-0.1, -0.05) is 42.8 Å². The van der Waals surface area contributed by atoms with Crippen molar-refractivity contribution in [3.8, 4) is 0 Å². The van der Waals surface area contributed by atoms with E-state index in [1.54, 1.807) is 24.3 Å². The first-order chi connectivity index (χ1) is 12.5. The molecule has 1 aliphatic heterocycles. The van der Waals surface area contributed by atoms with Gasteiger partial charge >= 0.3 is 6.03 Å². The van der Waals surface area contributed by atoms with Crippen LogP contribution in [0.2, 0.25) is 5.02 Å². The molecule has 0 spiro atoms. The van der Waals surface area contributed by atoms with Crippen molar-refractivity contribution in [2.45, 2.75) is 25.4 Å². The van der Waals surface area contributed by atoms with E-state index in [9.17, 15) is 9.59 Å². The Balaban J connectivity index is 1.66. The molecule has 0 saturated carbocycles. The van der Waals surface area contributed by atoms with Crippen molar-refractivity contribution in [2.24, 2.45) is 0 Å². The minimum absolute atomic E-state index is 0.166. The fourth-order valence-corrected chi connectivity index (χ4v) is 4.35. The second-order valence-corrected chi connectivity index (χ2v) is 7.71. The molecular weight excluding hydrogens is 370 g/mol. The van der Waals surface area contributed by atoms with E-state index in [0.29, 0.717) is 11.4 Å². The Morgan fingerprint density at radius 2 is 1.88 bits per heavy atom. The molecule has 1 saturated heterocycles. The van der Waals surface area contributed by atoms with Crippen LogP contribution in [-0.4, -0.2) is 21.8 Å². The van der Waals surface area contributed by atoms with Crippen LogP contribution in [0.5, 0.6) is 0 Å². The van der Waals surface area contributed by atoms with Gasteiger partial charge in [0.05, 0.1) is 16.8 Å². The molecule has 26 heavy (non-hydrogen) atoms. The van der Waals surface area contributed by atoms with Crippen molar-refractivity contribution in [1.29, 1.82) is 0 Å². The zero-order chi connectivity index (χ0) is 18.3. The number of aromatic nitrogens is 1. The molecule has 5 nitrogen and oxygen atoms in total. The third-order valence-electron chi connectivity index (χ3n) is 4.67. The second kappa shape index (κ2) is 6.37. The van der Waals surface area contributed by atoms with Crippen LogP contribution < -0.4 is 5.32 Å². The van der Waals surface area contributed by atoms with Gasteiger partial charge in [0.1, 0.15) is 10.5 Å². The quantitative estimate of drug-likeness (QED) is 0.681. The number of fused-ring (bicyclic) bond motifs is 1. The highest BCUT2D eigenvalue weighted by molar-refractivity contribution is 7.18. The fraction of sp³-hybridized carbons (Fsp3) is 0.211. The smallest absolute Gasteiger partial charge is 0.319 e. The molecule has 1 aliphatic rings. The summed E-state index contributed by atoms with van der Waals surface area (Å²) < 4.78 is 1.04. The fourth-order valence-electron chi connectivity index (χ4n) is 3.27. The van der Waals surface area contributed by atoms with Crippen molar-refractivity contribution in [3.05, 3.63) is 64.1 Å². The predicted octanol–water partition coefficient (Wildman–Crippen LogP) is 4.31. The summed E-state index contributed by atoms with van der Waals surface area (Å²) in [6, 6.07) is 14.4. The Labute approximate surface area is 159 Å². The summed E-state index contributed by atoms with van der Waals surface area (Å²) in [5, 5.41) is 4.20. The maximum atomic E-state index is 13.2. The monoisotopic (exact) mass is 385 g/mol. The van der Waals surface area contributed by atoms with Crippen molar-refractivity contribution >= 4 is 45.1 Å². The van der Waals surface area contributed by atoms with E-state index >= 15 is 0 Å². The van der Waals surface area contributed by atoms with E-state index in [-0.39, 0.29) is 12.5 Å². The normalized spacial score (nSPS) is 20.0. The molecule has 4 rings (SSSR count). The van der Waals surface area contributed by atoms with E-state index < -0.39 is 11.6 Å². The van der Waals surface area contributed by atoms with E-state index in [1.165, 1.54) is 16.2 Å². The lowest BCUT2D eigenvalue weighted by Gasteiger charge is -2.25. The maximum absolute atomic E-state index is 13.2. The number of halogens is 1. The Morgan fingerprint density at radius 3 is 2.58 bits per heavy atom. The van der Waals surface area contributed by atoms with Crippen LogP contribution in [0.15, 0.2) is 48.5 Å². The number of nitrogens with one attached hydrogen (secondary N) is 1. The van der Waals surface area contributed by atoms with Gasteiger partial charge in [-0.2, -0.15) is 0 Å². The van der Waals surface area contributed by atoms with Crippen LogP contribution in [0.3, 0.4) is 0 Å². The zero-order valence-electron chi connectivity index (χ0n) is 14.0. The topological polar surface area (TPSA) is 62.3 Å². The molecule has 1 fully saturated rings. The van der Waals surface area contributed by atoms with Crippen LogP contribution in [0.4, 0.5) is 4.79 Å². The second-order valence-electron chi connectivity index (χ2n) is 6.16. The van der Waals surface area contributed by atoms with Crippen molar-refractivity contribution in [3.63, 3.8) is 0 Å². The molecular formula is C19H16ClN3O2S. The zero-order valence-corrected chi connectivity index (χ0v) is 15.6. The van der Waals surface area contributed by atoms with Crippen molar-refractivity contribution < 1.29 is 9.59 Å². The number of carbonyl (C=O) groups is 2. The van der Waals surface area contributed by atoms with E-state index in [4.69, 9.17) is 11.6 Å². The molecule has 0 aliphatic carbocycles. The molecule has 0 bridgehead atoms. The molecule has 1 aromatic heterocycles. The summed E-state index contributed by atoms with van der Waals surface area (Å²) in [4.78, 5) is 31.5. The van der Waals surface area contributed by atoms with Gasteiger partial charge in [-0.3, -0.25) is 9.69 Å². The lowest BCUT2D eigenvalue weighted by atomic mass is 9.87. The molecule has 2 heterocycles. The number of rotatable bonds is 4. The van der Waals surface area contributed by atoms with Gasteiger partial charge in [0.25, 0.3) is 5.91 Å². The molecule has 3 aromatic rings. The number of benzene rings is 2. The van der Waals surface area contributed by atoms with Gasteiger partial charge in [-0.15, -0.1) is 11.3 Å². The molecule has 3 amide bonds. The number of hydrogen-bond donors (Lipinski definition) is 1. The summed E-state index contributed by atoms with van der Waals surface area (Å²) in [5.74, 6) is -0.258. The number of imide groups is 1. The van der Waals surface area contributed by atoms with Gasteiger partial charge in [0, 0.05) is 5.02 Å². The van der Waals surface area contributed by atoms with E-state index in [2.05, 4.69) is 10.3 Å². The lowest BCUT2D eigenvalue weighted by Crippen LogP contribution is -2.43. The number of amides is 3. The van der Waals surface area contributed by atoms with Gasteiger partial charge in [0.15, 0.2) is 0 Å². The summed E-state index contributed by atoms with van der Waals surface area (Å²) in [5.41, 5.74) is 0.548. The molecule has 1 N–H and O–H groups in total. The van der Waals surface area contributed by atoms with Crippen LogP contribution >= 0.6 is 22.9 Å². The van der Waals surface area contributed by atoms with Gasteiger partial charge in [0.2, 0.25) is 0 Å². The van der Waals surface area contributed by atoms with Gasteiger partial charge in [-0.25, -0.2) is 9.78 Å². The Morgan fingerprint density at radius 1 is 1.15 bits per heavy atom. The average molecular weight is 386 g/mol. The summed E-state index contributed by atoms with van der Waals surface area (Å²) in [6.45, 7) is 2.05. The molecule has 132 valence electrons. The maximum Gasteiger partial charge on any atom is 0.325 e. The largest absolute Gasteiger partial charge is 0.325 e. The number of carbonyl (C=O) groups excluding carboxylic acids is 2. The van der Waals surface area contributed by atoms with E-state index in [0.717, 1.165) is 20.8 Å². The average Bonchev–Trinajstić information content (AvgIpc) is 3.16. The first kappa shape index (κ1) is 17.0. The van der Waals surface area contributed by atoms with Crippen LogP contribution in [0, 0.1) is 0 Å².